The SMILES string of the molecule is Cc1ccccc1C1=NO[C@H](CN(Cc2ccc(C(F)(F)F)cc2)C(=O)C(C)C)C1. The van der Waals surface area contributed by atoms with Crippen LogP contribution in [0.15, 0.2) is 53.7 Å². The number of aryl methyl sites for hydroxylation is 1. The zero-order chi connectivity index (χ0) is 21.9. The van der Waals surface area contributed by atoms with E-state index in [2.05, 4.69) is 5.16 Å². The number of halogens is 3. The van der Waals surface area contributed by atoms with Gasteiger partial charge in [0.2, 0.25) is 5.91 Å². The molecule has 7 heteroatoms. The van der Waals surface area contributed by atoms with Crippen molar-refractivity contribution in [3.05, 3.63) is 70.8 Å². The Bertz CT molecular complexity index is 921. The predicted octanol–water partition coefficient (Wildman–Crippen LogP) is 5.19. The Kier molecular flexibility index (Phi) is 6.48. The molecule has 1 amide bonds. The van der Waals surface area contributed by atoms with Crippen molar-refractivity contribution in [1.82, 2.24) is 4.90 Å². The Hall–Kier alpha value is -2.83. The molecule has 1 heterocycles. The molecule has 0 fully saturated rings. The highest BCUT2D eigenvalue weighted by molar-refractivity contribution is 6.02. The molecular weight excluding hydrogens is 393 g/mol. The fourth-order valence-corrected chi connectivity index (χ4v) is 3.44. The second-order valence-electron chi connectivity index (χ2n) is 7.85. The van der Waals surface area contributed by atoms with E-state index in [1.165, 1.54) is 12.1 Å². The van der Waals surface area contributed by atoms with E-state index in [-0.39, 0.29) is 24.5 Å². The highest BCUT2D eigenvalue weighted by Crippen LogP contribution is 2.29. The van der Waals surface area contributed by atoms with Gasteiger partial charge in [-0.3, -0.25) is 4.79 Å². The maximum Gasteiger partial charge on any atom is 0.416 e. The number of hydrogen-bond donors (Lipinski definition) is 0. The minimum Gasteiger partial charge on any atom is -0.390 e. The number of nitrogens with zero attached hydrogens (tertiary/aromatic N) is 2. The van der Waals surface area contributed by atoms with Crippen molar-refractivity contribution >= 4 is 11.6 Å². The number of alkyl halides is 3. The molecule has 2 aromatic rings. The van der Waals surface area contributed by atoms with Gasteiger partial charge in [0.1, 0.15) is 0 Å². The van der Waals surface area contributed by atoms with Crippen LogP contribution in [0.25, 0.3) is 0 Å². The molecule has 0 aromatic heterocycles. The molecule has 0 saturated carbocycles. The van der Waals surface area contributed by atoms with Gasteiger partial charge in [-0.2, -0.15) is 13.2 Å². The maximum atomic E-state index is 12.8. The maximum absolute atomic E-state index is 12.8. The summed E-state index contributed by atoms with van der Waals surface area (Å²) in [6.45, 7) is 6.13. The molecule has 0 spiro atoms. The summed E-state index contributed by atoms with van der Waals surface area (Å²) < 4.78 is 38.4. The number of amides is 1. The number of rotatable bonds is 6. The van der Waals surface area contributed by atoms with Crippen LogP contribution >= 0.6 is 0 Å². The first-order chi connectivity index (χ1) is 14.1. The van der Waals surface area contributed by atoms with E-state index in [1.807, 2.05) is 31.2 Å². The molecule has 30 heavy (non-hydrogen) atoms. The van der Waals surface area contributed by atoms with Crippen LogP contribution in [-0.2, 0) is 22.4 Å². The minimum atomic E-state index is -4.38. The van der Waals surface area contributed by atoms with Crippen molar-refractivity contribution in [3.8, 4) is 0 Å². The van der Waals surface area contributed by atoms with Crippen LogP contribution in [0.3, 0.4) is 0 Å². The minimum absolute atomic E-state index is 0.0807. The van der Waals surface area contributed by atoms with Crippen molar-refractivity contribution < 1.29 is 22.8 Å². The number of carbonyl (C=O) groups is 1. The second kappa shape index (κ2) is 8.90. The normalized spacial score (nSPS) is 16.4. The number of oxime groups is 1. The van der Waals surface area contributed by atoms with E-state index < -0.39 is 11.7 Å². The molecular formula is C23H25F3N2O2. The molecule has 160 valence electrons. The van der Waals surface area contributed by atoms with Crippen LogP contribution in [0.5, 0.6) is 0 Å². The molecule has 4 nitrogen and oxygen atoms in total. The van der Waals surface area contributed by atoms with Crippen LogP contribution in [0.4, 0.5) is 13.2 Å². The summed E-state index contributed by atoms with van der Waals surface area (Å²) in [4.78, 5) is 19.9. The Balaban J connectivity index is 1.70. The Morgan fingerprint density at radius 3 is 2.43 bits per heavy atom. The average Bonchev–Trinajstić information content (AvgIpc) is 3.15. The lowest BCUT2D eigenvalue weighted by molar-refractivity contribution is -0.138. The molecule has 0 bridgehead atoms. The molecule has 1 aliphatic heterocycles. The van der Waals surface area contributed by atoms with Crippen LogP contribution in [0, 0.1) is 12.8 Å². The summed E-state index contributed by atoms with van der Waals surface area (Å²) >= 11 is 0. The van der Waals surface area contributed by atoms with Crippen molar-refractivity contribution in [2.75, 3.05) is 6.54 Å². The van der Waals surface area contributed by atoms with Gasteiger partial charge in [-0.25, -0.2) is 0 Å². The quantitative estimate of drug-likeness (QED) is 0.648. The van der Waals surface area contributed by atoms with E-state index in [1.54, 1.807) is 18.7 Å². The summed E-state index contributed by atoms with van der Waals surface area (Å²) in [5.74, 6) is -0.319. The fourth-order valence-electron chi connectivity index (χ4n) is 3.44. The zero-order valence-corrected chi connectivity index (χ0v) is 17.2. The molecule has 0 N–H and O–H groups in total. The topological polar surface area (TPSA) is 41.9 Å². The predicted molar refractivity (Wildman–Crippen MR) is 109 cm³/mol. The summed E-state index contributed by atoms with van der Waals surface area (Å²) in [5.41, 5.74) is 2.88. The summed E-state index contributed by atoms with van der Waals surface area (Å²) in [6.07, 6.45) is -4.11. The van der Waals surface area contributed by atoms with Gasteiger partial charge in [0, 0.05) is 24.4 Å². The smallest absolute Gasteiger partial charge is 0.390 e. The van der Waals surface area contributed by atoms with Crippen molar-refractivity contribution in [2.24, 2.45) is 11.1 Å². The van der Waals surface area contributed by atoms with Gasteiger partial charge >= 0.3 is 6.18 Å². The Morgan fingerprint density at radius 2 is 1.83 bits per heavy atom. The lowest BCUT2D eigenvalue weighted by Crippen LogP contribution is -2.39. The van der Waals surface area contributed by atoms with Gasteiger partial charge in [0.05, 0.1) is 17.8 Å². The second-order valence-corrected chi connectivity index (χ2v) is 7.85. The van der Waals surface area contributed by atoms with Gasteiger partial charge < -0.3 is 9.74 Å². The van der Waals surface area contributed by atoms with Crippen LogP contribution < -0.4 is 0 Å². The summed E-state index contributed by atoms with van der Waals surface area (Å²) in [7, 11) is 0. The molecule has 2 aromatic carbocycles. The Morgan fingerprint density at radius 1 is 1.17 bits per heavy atom. The molecule has 0 aliphatic carbocycles. The van der Waals surface area contributed by atoms with E-state index in [0.717, 1.165) is 29.0 Å². The highest BCUT2D eigenvalue weighted by Gasteiger charge is 2.31. The monoisotopic (exact) mass is 418 g/mol. The molecule has 0 saturated heterocycles. The lowest BCUT2D eigenvalue weighted by Gasteiger charge is -2.26. The van der Waals surface area contributed by atoms with Gasteiger partial charge in [0.25, 0.3) is 0 Å². The number of carbonyl (C=O) groups excluding carboxylic acids is 1. The first-order valence-electron chi connectivity index (χ1n) is 9.88. The number of benzene rings is 2. The molecule has 1 atom stereocenters. The molecule has 0 radical (unpaired) electrons. The fraction of sp³-hybridized carbons (Fsp3) is 0.391. The molecule has 3 rings (SSSR count). The van der Waals surface area contributed by atoms with Crippen molar-refractivity contribution in [2.45, 2.75) is 46.0 Å². The molecule has 0 unspecified atom stereocenters. The largest absolute Gasteiger partial charge is 0.416 e. The van der Waals surface area contributed by atoms with Crippen molar-refractivity contribution in [3.63, 3.8) is 0 Å². The third-order valence-electron chi connectivity index (χ3n) is 5.07. The van der Waals surface area contributed by atoms with Gasteiger partial charge in [-0.05, 0) is 30.2 Å². The standard InChI is InChI=1S/C23H25F3N2O2/c1-15(2)22(29)28(13-17-8-10-18(11-9-17)23(24,25)26)14-19-12-21(27-30-19)20-7-5-4-6-16(20)3/h4-11,15,19H,12-14H2,1-3H3/t19-/m0/s1. The van der Waals surface area contributed by atoms with E-state index in [9.17, 15) is 18.0 Å². The van der Waals surface area contributed by atoms with Crippen LogP contribution in [0.2, 0.25) is 0 Å². The molecule has 1 aliphatic rings. The first kappa shape index (κ1) is 21.9. The Labute approximate surface area is 174 Å². The van der Waals surface area contributed by atoms with Gasteiger partial charge in [-0.15, -0.1) is 0 Å². The van der Waals surface area contributed by atoms with E-state index >= 15 is 0 Å². The van der Waals surface area contributed by atoms with Gasteiger partial charge in [-0.1, -0.05) is 55.4 Å². The third kappa shape index (κ3) is 5.20. The van der Waals surface area contributed by atoms with E-state index in [4.69, 9.17) is 4.84 Å². The van der Waals surface area contributed by atoms with E-state index in [0.29, 0.717) is 18.5 Å². The third-order valence-corrected chi connectivity index (χ3v) is 5.07. The first-order valence-corrected chi connectivity index (χ1v) is 9.88. The summed E-state index contributed by atoms with van der Waals surface area (Å²) in [5, 5.41) is 4.20. The zero-order valence-electron chi connectivity index (χ0n) is 17.2. The van der Waals surface area contributed by atoms with Crippen molar-refractivity contribution in [1.29, 1.82) is 0 Å². The van der Waals surface area contributed by atoms with Crippen LogP contribution in [-0.4, -0.2) is 29.2 Å². The van der Waals surface area contributed by atoms with Crippen LogP contribution in [0.1, 0.15) is 42.5 Å². The average molecular weight is 418 g/mol. The highest BCUT2D eigenvalue weighted by atomic mass is 19.4. The summed E-state index contributed by atoms with van der Waals surface area (Å²) in [6, 6.07) is 12.8. The van der Waals surface area contributed by atoms with Gasteiger partial charge in [0.15, 0.2) is 6.10 Å². The lowest BCUT2D eigenvalue weighted by atomic mass is 10.00. The number of hydrogen-bond acceptors (Lipinski definition) is 3.